The highest BCUT2D eigenvalue weighted by molar-refractivity contribution is 6.36. The van der Waals surface area contributed by atoms with E-state index in [1.807, 2.05) is 26.0 Å². The second kappa shape index (κ2) is 4.94. The van der Waals surface area contributed by atoms with E-state index in [9.17, 15) is 0 Å². The average molecular weight is 278 g/mol. The standard InChI is InChI=1S/C14H16ClN3O/c1-9-3-4-11-12(15)10(2)14(17-13(11)16-9)18-5-7-19-8-6-18/h3-4H,5-8H2,1-2H3. The van der Waals surface area contributed by atoms with Crippen molar-refractivity contribution in [2.75, 3.05) is 31.2 Å². The van der Waals surface area contributed by atoms with Gasteiger partial charge in [-0.2, -0.15) is 0 Å². The van der Waals surface area contributed by atoms with Gasteiger partial charge in [0.15, 0.2) is 5.65 Å². The Morgan fingerprint density at radius 1 is 1.16 bits per heavy atom. The number of aromatic nitrogens is 2. The molecule has 3 heterocycles. The molecule has 0 unspecified atom stereocenters. The van der Waals surface area contributed by atoms with Crippen LogP contribution in [0.25, 0.3) is 11.0 Å². The monoisotopic (exact) mass is 277 g/mol. The van der Waals surface area contributed by atoms with Crippen molar-refractivity contribution in [1.29, 1.82) is 0 Å². The van der Waals surface area contributed by atoms with Gasteiger partial charge in [-0.15, -0.1) is 0 Å². The highest BCUT2D eigenvalue weighted by Gasteiger charge is 2.18. The van der Waals surface area contributed by atoms with E-state index < -0.39 is 0 Å². The zero-order chi connectivity index (χ0) is 13.4. The van der Waals surface area contributed by atoms with Gasteiger partial charge in [-0.3, -0.25) is 0 Å². The summed E-state index contributed by atoms with van der Waals surface area (Å²) in [7, 11) is 0. The number of anilines is 1. The van der Waals surface area contributed by atoms with Crippen LogP contribution in [0.5, 0.6) is 0 Å². The highest BCUT2D eigenvalue weighted by Crippen LogP contribution is 2.31. The third kappa shape index (κ3) is 2.26. The van der Waals surface area contributed by atoms with Gasteiger partial charge in [-0.1, -0.05) is 11.6 Å². The Labute approximate surface area is 117 Å². The van der Waals surface area contributed by atoms with Crippen LogP contribution in [0, 0.1) is 13.8 Å². The molecule has 1 aliphatic heterocycles. The van der Waals surface area contributed by atoms with Crippen molar-refractivity contribution in [2.24, 2.45) is 0 Å². The summed E-state index contributed by atoms with van der Waals surface area (Å²) in [5.41, 5.74) is 2.69. The third-order valence-electron chi connectivity index (χ3n) is 3.44. The normalized spacial score (nSPS) is 16.1. The number of hydrogen-bond donors (Lipinski definition) is 0. The van der Waals surface area contributed by atoms with Gasteiger partial charge in [0.1, 0.15) is 5.82 Å². The van der Waals surface area contributed by atoms with E-state index in [2.05, 4.69) is 9.88 Å². The summed E-state index contributed by atoms with van der Waals surface area (Å²) < 4.78 is 5.38. The molecule has 4 nitrogen and oxygen atoms in total. The lowest BCUT2D eigenvalue weighted by molar-refractivity contribution is 0.122. The van der Waals surface area contributed by atoms with Crippen LogP contribution in [-0.2, 0) is 4.74 Å². The summed E-state index contributed by atoms with van der Waals surface area (Å²) in [5.74, 6) is 0.930. The van der Waals surface area contributed by atoms with Crippen LogP contribution in [-0.4, -0.2) is 36.3 Å². The number of ether oxygens (including phenoxy) is 1. The molecule has 2 aromatic rings. The first kappa shape index (κ1) is 12.6. The molecule has 2 aromatic heterocycles. The van der Waals surface area contributed by atoms with Gasteiger partial charge in [-0.05, 0) is 26.0 Å². The van der Waals surface area contributed by atoms with Crippen LogP contribution in [0.4, 0.5) is 5.82 Å². The van der Waals surface area contributed by atoms with E-state index in [-0.39, 0.29) is 0 Å². The quantitative estimate of drug-likeness (QED) is 0.803. The topological polar surface area (TPSA) is 38.2 Å². The number of morpholine rings is 1. The summed E-state index contributed by atoms with van der Waals surface area (Å²) in [6.07, 6.45) is 0. The molecule has 1 fully saturated rings. The van der Waals surface area contributed by atoms with E-state index in [4.69, 9.17) is 21.3 Å². The molecular weight excluding hydrogens is 262 g/mol. The van der Waals surface area contributed by atoms with Crippen molar-refractivity contribution in [3.8, 4) is 0 Å². The number of pyridine rings is 2. The van der Waals surface area contributed by atoms with E-state index in [0.29, 0.717) is 0 Å². The molecule has 0 N–H and O–H groups in total. The molecule has 0 amide bonds. The average Bonchev–Trinajstić information content (AvgIpc) is 2.43. The molecule has 0 aromatic carbocycles. The predicted molar refractivity (Wildman–Crippen MR) is 77.1 cm³/mol. The maximum Gasteiger partial charge on any atom is 0.163 e. The fourth-order valence-electron chi connectivity index (χ4n) is 2.37. The molecular formula is C14H16ClN3O. The lowest BCUT2D eigenvalue weighted by atomic mass is 10.2. The Morgan fingerprint density at radius 2 is 1.89 bits per heavy atom. The van der Waals surface area contributed by atoms with Gasteiger partial charge in [0.25, 0.3) is 0 Å². The maximum absolute atomic E-state index is 6.46. The van der Waals surface area contributed by atoms with Crippen molar-refractivity contribution < 1.29 is 4.74 Å². The minimum atomic E-state index is 0.720. The molecule has 0 spiro atoms. The van der Waals surface area contributed by atoms with Gasteiger partial charge < -0.3 is 9.64 Å². The van der Waals surface area contributed by atoms with Gasteiger partial charge in [0, 0.05) is 29.7 Å². The molecule has 0 atom stereocenters. The second-order valence-corrected chi connectivity index (χ2v) is 5.18. The lowest BCUT2D eigenvalue weighted by Gasteiger charge is -2.29. The molecule has 100 valence electrons. The fraction of sp³-hybridized carbons (Fsp3) is 0.429. The number of aryl methyl sites for hydroxylation is 1. The molecule has 0 aliphatic carbocycles. The minimum Gasteiger partial charge on any atom is -0.378 e. The number of halogens is 1. The van der Waals surface area contributed by atoms with Crippen LogP contribution >= 0.6 is 11.6 Å². The molecule has 5 heteroatoms. The largest absolute Gasteiger partial charge is 0.378 e. The first-order valence-electron chi connectivity index (χ1n) is 6.43. The lowest BCUT2D eigenvalue weighted by Crippen LogP contribution is -2.37. The number of nitrogens with zero attached hydrogens (tertiary/aromatic N) is 3. The SMILES string of the molecule is Cc1ccc2c(Cl)c(C)c(N3CCOCC3)nc2n1. The molecule has 0 radical (unpaired) electrons. The minimum absolute atomic E-state index is 0.720. The Morgan fingerprint density at radius 3 is 2.63 bits per heavy atom. The number of fused-ring (bicyclic) bond motifs is 1. The smallest absolute Gasteiger partial charge is 0.163 e. The van der Waals surface area contributed by atoms with Crippen molar-refractivity contribution in [2.45, 2.75) is 13.8 Å². The zero-order valence-corrected chi connectivity index (χ0v) is 11.9. The maximum atomic E-state index is 6.46. The first-order valence-corrected chi connectivity index (χ1v) is 6.81. The summed E-state index contributed by atoms with van der Waals surface area (Å²) in [4.78, 5) is 11.4. The van der Waals surface area contributed by atoms with Crippen LogP contribution in [0.15, 0.2) is 12.1 Å². The third-order valence-corrected chi connectivity index (χ3v) is 3.92. The Balaban J connectivity index is 2.16. The molecule has 0 saturated carbocycles. The summed E-state index contributed by atoms with van der Waals surface area (Å²) in [5, 5.41) is 1.67. The van der Waals surface area contributed by atoms with Gasteiger partial charge >= 0.3 is 0 Å². The van der Waals surface area contributed by atoms with E-state index >= 15 is 0 Å². The Hall–Kier alpha value is -1.39. The van der Waals surface area contributed by atoms with E-state index in [1.54, 1.807) is 0 Å². The Bertz CT molecular complexity index is 624. The van der Waals surface area contributed by atoms with E-state index in [1.165, 1.54) is 0 Å². The molecule has 3 rings (SSSR count). The number of hydrogen-bond acceptors (Lipinski definition) is 4. The molecule has 1 aliphatic rings. The van der Waals surface area contributed by atoms with Gasteiger partial charge in [-0.25, -0.2) is 9.97 Å². The van der Waals surface area contributed by atoms with Crippen LogP contribution in [0.2, 0.25) is 5.02 Å². The van der Waals surface area contributed by atoms with Crippen LogP contribution < -0.4 is 4.90 Å². The van der Waals surface area contributed by atoms with Gasteiger partial charge in [0.2, 0.25) is 0 Å². The van der Waals surface area contributed by atoms with Gasteiger partial charge in [0.05, 0.1) is 18.2 Å². The van der Waals surface area contributed by atoms with Crippen molar-refractivity contribution in [1.82, 2.24) is 9.97 Å². The Kier molecular flexibility index (Phi) is 3.29. The fourth-order valence-corrected chi connectivity index (χ4v) is 2.60. The predicted octanol–water partition coefficient (Wildman–Crippen LogP) is 2.74. The summed E-state index contributed by atoms with van der Waals surface area (Å²) in [6.45, 7) is 7.14. The molecule has 0 bridgehead atoms. The van der Waals surface area contributed by atoms with Crippen molar-refractivity contribution in [3.05, 3.63) is 28.4 Å². The number of rotatable bonds is 1. The van der Waals surface area contributed by atoms with Crippen molar-refractivity contribution in [3.63, 3.8) is 0 Å². The van der Waals surface area contributed by atoms with Crippen LogP contribution in [0.1, 0.15) is 11.3 Å². The summed E-state index contributed by atoms with van der Waals surface area (Å²) in [6, 6.07) is 3.95. The zero-order valence-electron chi connectivity index (χ0n) is 11.1. The van der Waals surface area contributed by atoms with Crippen LogP contribution in [0.3, 0.4) is 0 Å². The summed E-state index contributed by atoms with van der Waals surface area (Å²) >= 11 is 6.46. The molecule has 19 heavy (non-hydrogen) atoms. The van der Waals surface area contributed by atoms with E-state index in [0.717, 1.165) is 59.4 Å². The molecule has 1 saturated heterocycles. The second-order valence-electron chi connectivity index (χ2n) is 4.80. The first-order chi connectivity index (χ1) is 9.16. The highest BCUT2D eigenvalue weighted by atomic mass is 35.5. The van der Waals surface area contributed by atoms with Crippen molar-refractivity contribution >= 4 is 28.5 Å².